The van der Waals surface area contributed by atoms with E-state index in [4.69, 9.17) is 0 Å². The smallest absolute Gasteiger partial charge is 0.270 e. The molecule has 2 heterocycles. The van der Waals surface area contributed by atoms with Crippen LogP contribution >= 0.6 is 23.1 Å². The largest absolute Gasteiger partial charge is 0.361 e. The van der Waals surface area contributed by atoms with E-state index in [1.807, 2.05) is 0 Å². The number of nitrogens with zero attached hydrogens (tertiary/aromatic N) is 3. The number of anilines is 2. The monoisotopic (exact) mass is 427 g/mol. The van der Waals surface area contributed by atoms with Crippen LogP contribution in [0, 0.1) is 10.1 Å². The number of rotatable bonds is 7. The lowest BCUT2D eigenvalue weighted by Gasteiger charge is -2.07. The normalized spacial score (nSPS) is 16.0. The minimum atomic E-state index is -0.384. The molecule has 0 radical (unpaired) electrons. The van der Waals surface area contributed by atoms with E-state index >= 15 is 0 Å². The summed E-state index contributed by atoms with van der Waals surface area (Å²) in [5.74, 6) is 1.06. The zero-order chi connectivity index (χ0) is 20.2. The number of amidine groups is 1. The third-order valence-corrected chi connectivity index (χ3v) is 6.67. The zero-order valence-corrected chi connectivity index (χ0v) is 17.6. The molecule has 1 aliphatic heterocycles. The molecule has 4 rings (SSSR count). The molecule has 0 saturated carbocycles. The standard InChI is InChI=1S/C20H21N5O2S2/c1-2-14-12-28-20(22-14)23-15-5-3-13(4-6-15)9-10-21-19-24-17-8-7-16(25(26)27)11-18(17)29-19/h3-8,11,14H,2,9-10,12H2,1H3,(H,21,24)(H,22,23)/t14-/m1/s1. The molecule has 0 unspecified atom stereocenters. The molecule has 1 atom stereocenters. The molecule has 7 nitrogen and oxygen atoms in total. The summed E-state index contributed by atoms with van der Waals surface area (Å²) in [6.07, 6.45) is 1.94. The summed E-state index contributed by atoms with van der Waals surface area (Å²) < 4.78 is 0.815. The van der Waals surface area contributed by atoms with Gasteiger partial charge in [0, 0.05) is 30.1 Å². The first-order valence-electron chi connectivity index (χ1n) is 9.46. The maximum absolute atomic E-state index is 10.9. The van der Waals surface area contributed by atoms with Crippen molar-refractivity contribution in [3.8, 4) is 0 Å². The molecule has 2 N–H and O–H groups in total. The maximum atomic E-state index is 10.9. The molecule has 0 amide bonds. The molecule has 0 saturated heterocycles. The summed E-state index contributed by atoms with van der Waals surface area (Å²) in [5.41, 5.74) is 3.15. The Morgan fingerprint density at radius 3 is 2.79 bits per heavy atom. The number of nitro groups is 1. The van der Waals surface area contributed by atoms with Crippen LogP contribution in [0.1, 0.15) is 18.9 Å². The fourth-order valence-electron chi connectivity index (χ4n) is 2.99. The van der Waals surface area contributed by atoms with Gasteiger partial charge in [-0.2, -0.15) is 0 Å². The lowest BCUT2D eigenvalue weighted by atomic mass is 10.1. The predicted octanol–water partition coefficient (Wildman–Crippen LogP) is 5.15. The van der Waals surface area contributed by atoms with Crippen molar-refractivity contribution in [3.63, 3.8) is 0 Å². The van der Waals surface area contributed by atoms with E-state index in [-0.39, 0.29) is 10.6 Å². The Hall–Kier alpha value is -2.65. The van der Waals surface area contributed by atoms with Crippen LogP contribution in [0.3, 0.4) is 0 Å². The lowest BCUT2D eigenvalue weighted by Crippen LogP contribution is -2.06. The molecule has 0 spiro atoms. The van der Waals surface area contributed by atoms with E-state index in [0.29, 0.717) is 6.04 Å². The summed E-state index contributed by atoms with van der Waals surface area (Å²) >= 11 is 3.21. The summed E-state index contributed by atoms with van der Waals surface area (Å²) in [6, 6.07) is 13.6. The number of hydrogen-bond acceptors (Lipinski definition) is 8. The van der Waals surface area contributed by atoms with Gasteiger partial charge in [-0.3, -0.25) is 15.1 Å². The maximum Gasteiger partial charge on any atom is 0.270 e. The van der Waals surface area contributed by atoms with Crippen LogP contribution in [0.25, 0.3) is 10.2 Å². The fraction of sp³-hybridized carbons (Fsp3) is 0.300. The van der Waals surface area contributed by atoms with Crippen molar-refractivity contribution in [2.75, 3.05) is 22.9 Å². The first-order chi connectivity index (χ1) is 14.1. The Balaban J connectivity index is 1.30. The molecule has 9 heteroatoms. The number of aromatic nitrogens is 1. The van der Waals surface area contributed by atoms with Crippen molar-refractivity contribution in [2.24, 2.45) is 4.99 Å². The zero-order valence-electron chi connectivity index (χ0n) is 15.9. The average Bonchev–Trinajstić information content (AvgIpc) is 3.34. The lowest BCUT2D eigenvalue weighted by molar-refractivity contribution is -0.384. The Morgan fingerprint density at radius 2 is 2.07 bits per heavy atom. The van der Waals surface area contributed by atoms with E-state index in [0.717, 1.165) is 51.3 Å². The van der Waals surface area contributed by atoms with Gasteiger partial charge in [-0.15, -0.1) is 0 Å². The molecule has 0 fully saturated rings. The number of benzene rings is 2. The van der Waals surface area contributed by atoms with Gasteiger partial charge in [-0.05, 0) is 36.6 Å². The molecule has 29 heavy (non-hydrogen) atoms. The number of hydrogen-bond donors (Lipinski definition) is 2. The molecular weight excluding hydrogens is 406 g/mol. The Bertz CT molecular complexity index is 1050. The Kier molecular flexibility index (Phi) is 5.96. The number of thiazole rings is 1. The summed E-state index contributed by atoms with van der Waals surface area (Å²) in [5, 5.41) is 19.4. The van der Waals surface area contributed by atoms with Gasteiger partial charge in [0.05, 0.1) is 21.2 Å². The second-order valence-electron chi connectivity index (χ2n) is 6.73. The van der Waals surface area contributed by atoms with Crippen LogP contribution in [0.2, 0.25) is 0 Å². The molecule has 0 bridgehead atoms. The van der Waals surface area contributed by atoms with Gasteiger partial charge in [0.25, 0.3) is 5.69 Å². The number of nitro benzene ring substituents is 1. The highest BCUT2D eigenvalue weighted by Crippen LogP contribution is 2.29. The van der Waals surface area contributed by atoms with E-state index in [1.165, 1.54) is 23.0 Å². The van der Waals surface area contributed by atoms with Crippen LogP contribution in [0.5, 0.6) is 0 Å². The van der Waals surface area contributed by atoms with E-state index in [1.54, 1.807) is 23.9 Å². The van der Waals surface area contributed by atoms with E-state index in [9.17, 15) is 10.1 Å². The van der Waals surface area contributed by atoms with Crippen molar-refractivity contribution in [3.05, 3.63) is 58.1 Å². The van der Waals surface area contributed by atoms with Crippen molar-refractivity contribution in [1.29, 1.82) is 0 Å². The number of non-ortho nitro benzene ring substituents is 1. The van der Waals surface area contributed by atoms with Crippen LogP contribution < -0.4 is 10.6 Å². The van der Waals surface area contributed by atoms with Crippen molar-refractivity contribution in [2.45, 2.75) is 25.8 Å². The van der Waals surface area contributed by atoms with Crippen molar-refractivity contribution >= 4 is 55.0 Å². The van der Waals surface area contributed by atoms with Gasteiger partial charge < -0.3 is 10.6 Å². The second-order valence-corrected chi connectivity index (χ2v) is 8.77. The minimum Gasteiger partial charge on any atom is -0.361 e. The highest BCUT2D eigenvalue weighted by atomic mass is 32.2. The number of thioether (sulfide) groups is 1. The van der Waals surface area contributed by atoms with Crippen LogP contribution in [-0.4, -0.2) is 33.4 Å². The third-order valence-electron chi connectivity index (χ3n) is 4.66. The summed E-state index contributed by atoms with van der Waals surface area (Å²) in [6.45, 7) is 2.91. The number of aliphatic imine (C=N–C) groups is 1. The molecule has 3 aromatic rings. The molecule has 1 aliphatic rings. The summed E-state index contributed by atoms with van der Waals surface area (Å²) in [4.78, 5) is 19.7. The first kappa shape index (κ1) is 19.7. The predicted molar refractivity (Wildman–Crippen MR) is 123 cm³/mol. The van der Waals surface area contributed by atoms with Gasteiger partial charge in [0.2, 0.25) is 0 Å². The van der Waals surface area contributed by atoms with Crippen LogP contribution in [0.4, 0.5) is 16.5 Å². The molecule has 0 aliphatic carbocycles. The Labute approximate surface area is 176 Å². The highest BCUT2D eigenvalue weighted by molar-refractivity contribution is 8.14. The van der Waals surface area contributed by atoms with E-state index < -0.39 is 0 Å². The van der Waals surface area contributed by atoms with Gasteiger partial charge in [0.15, 0.2) is 10.3 Å². The van der Waals surface area contributed by atoms with Crippen molar-refractivity contribution < 1.29 is 4.92 Å². The van der Waals surface area contributed by atoms with Crippen LogP contribution in [-0.2, 0) is 6.42 Å². The topological polar surface area (TPSA) is 92.5 Å². The molecule has 1 aromatic heterocycles. The van der Waals surface area contributed by atoms with Gasteiger partial charge in [-0.1, -0.05) is 42.2 Å². The molecule has 150 valence electrons. The van der Waals surface area contributed by atoms with Crippen molar-refractivity contribution in [1.82, 2.24) is 4.98 Å². The van der Waals surface area contributed by atoms with E-state index in [2.05, 4.69) is 51.8 Å². The third kappa shape index (κ3) is 4.86. The second kappa shape index (κ2) is 8.79. The highest BCUT2D eigenvalue weighted by Gasteiger charge is 2.16. The number of fused-ring (bicyclic) bond motifs is 1. The average molecular weight is 428 g/mol. The molecular formula is C20H21N5O2S2. The first-order valence-corrected chi connectivity index (χ1v) is 11.3. The fourth-order valence-corrected chi connectivity index (χ4v) is 4.99. The van der Waals surface area contributed by atoms with Gasteiger partial charge >= 0.3 is 0 Å². The van der Waals surface area contributed by atoms with Gasteiger partial charge in [0.1, 0.15) is 0 Å². The SMILES string of the molecule is CC[C@@H]1CSC(Nc2ccc(CCNc3nc4ccc([N+](=O)[O-])cc4s3)cc2)=N1. The molecule has 2 aromatic carbocycles. The van der Waals surface area contributed by atoms with Crippen LogP contribution in [0.15, 0.2) is 47.5 Å². The Morgan fingerprint density at radius 1 is 1.24 bits per heavy atom. The van der Waals surface area contributed by atoms with Gasteiger partial charge in [-0.25, -0.2) is 4.98 Å². The summed E-state index contributed by atoms with van der Waals surface area (Å²) in [7, 11) is 0. The minimum absolute atomic E-state index is 0.0913. The quantitative estimate of drug-likeness (QED) is 0.400. The number of nitrogens with one attached hydrogen (secondary N) is 2.